The molecule has 1 aliphatic heterocycles. The van der Waals surface area contributed by atoms with Gasteiger partial charge in [0.05, 0.1) is 5.69 Å². The molecule has 0 amide bonds. The van der Waals surface area contributed by atoms with E-state index in [1.54, 1.807) is 0 Å². The summed E-state index contributed by atoms with van der Waals surface area (Å²) in [5.41, 5.74) is 2.21. The normalized spacial score (nSPS) is 18.8. The standard InChI is InChI=1S/C16H24N4O/c1-2-7-17-10-14-16(19-9-6-13(11-19)12-21)18-15-5-3-4-8-20(14)15/h3-5,8,13,17,21H,2,6-7,9-12H2,1H3. The molecule has 2 aromatic heterocycles. The molecule has 0 bridgehead atoms. The minimum absolute atomic E-state index is 0.271. The maximum Gasteiger partial charge on any atom is 0.152 e. The van der Waals surface area contributed by atoms with Crippen LogP contribution in [0.5, 0.6) is 0 Å². The first kappa shape index (κ1) is 14.4. The Hall–Kier alpha value is -1.59. The monoisotopic (exact) mass is 288 g/mol. The van der Waals surface area contributed by atoms with Crippen LogP contribution in [0.2, 0.25) is 0 Å². The first-order chi connectivity index (χ1) is 10.3. The second-order valence-corrected chi connectivity index (χ2v) is 5.77. The first-order valence-corrected chi connectivity index (χ1v) is 7.86. The van der Waals surface area contributed by atoms with Crippen LogP contribution in [0.4, 0.5) is 5.82 Å². The fourth-order valence-corrected chi connectivity index (χ4v) is 3.01. The number of nitrogens with zero attached hydrogens (tertiary/aromatic N) is 3. The summed E-state index contributed by atoms with van der Waals surface area (Å²) in [7, 11) is 0. The SMILES string of the molecule is CCCNCc1c(N2CCC(CO)C2)nc2ccccn12. The third-order valence-corrected chi connectivity index (χ3v) is 4.17. The topological polar surface area (TPSA) is 52.8 Å². The number of aliphatic hydroxyl groups excluding tert-OH is 1. The molecular weight excluding hydrogens is 264 g/mol. The molecule has 2 aromatic rings. The molecule has 3 rings (SSSR count). The molecular formula is C16H24N4O. The van der Waals surface area contributed by atoms with E-state index in [0.29, 0.717) is 5.92 Å². The van der Waals surface area contributed by atoms with Crippen LogP contribution in [-0.2, 0) is 6.54 Å². The summed E-state index contributed by atoms with van der Waals surface area (Å²) in [4.78, 5) is 7.13. The Balaban J connectivity index is 1.90. The third kappa shape index (κ3) is 2.89. The predicted octanol–water partition coefficient (Wildman–Crippen LogP) is 1.65. The third-order valence-electron chi connectivity index (χ3n) is 4.17. The number of rotatable bonds is 6. The highest BCUT2D eigenvalue weighted by atomic mass is 16.3. The smallest absolute Gasteiger partial charge is 0.152 e. The van der Waals surface area contributed by atoms with E-state index in [0.717, 1.165) is 50.5 Å². The van der Waals surface area contributed by atoms with Crippen molar-refractivity contribution in [2.75, 3.05) is 31.1 Å². The Morgan fingerprint density at radius 3 is 3.10 bits per heavy atom. The van der Waals surface area contributed by atoms with Gasteiger partial charge in [-0.3, -0.25) is 0 Å². The second kappa shape index (κ2) is 6.45. The lowest BCUT2D eigenvalue weighted by molar-refractivity contribution is 0.238. The summed E-state index contributed by atoms with van der Waals surface area (Å²) in [6, 6.07) is 6.12. The van der Waals surface area contributed by atoms with Crippen molar-refractivity contribution in [3.8, 4) is 0 Å². The van der Waals surface area contributed by atoms with E-state index in [1.165, 1.54) is 5.69 Å². The molecule has 0 aliphatic carbocycles. The van der Waals surface area contributed by atoms with Crippen LogP contribution in [0.15, 0.2) is 24.4 Å². The van der Waals surface area contributed by atoms with Gasteiger partial charge in [-0.15, -0.1) is 0 Å². The summed E-state index contributed by atoms with van der Waals surface area (Å²) >= 11 is 0. The van der Waals surface area contributed by atoms with E-state index in [4.69, 9.17) is 4.98 Å². The summed E-state index contributed by atoms with van der Waals surface area (Å²) in [5, 5.41) is 12.8. The Kier molecular flexibility index (Phi) is 4.41. The highest BCUT2D eigenvalue weighted by molar-refractivity contribution is 5.56. The predicted molar refractivity (Wildman–Crippen MR) is 84.6 cm³/mol. The maximum atomic E-state index is 9.35. The molecule has 21 heavy (non-hydrogen) atoms. The number of aliphatic hydroxyl groups is 1. The van der Waals surface area contributed by atoms with Gasteiger partial charge in [-0.25, -0.2) is 4.98 Å². The van der Waals surface area contributed by atoms with Crippen molar-refractivity contribution in [1.82, 2.24) is 14.7 Å². The van der Waals surface area contributed by atoms with Crippen LogP contribution >= 0.6 is 0 Å². The highest BCUT2D eigenvalue weighted by Crippen LogP contribution is 2.27. The van der Waals surface area contributed by atoms with E-state index in [9.17, 15) is 5.11 Å². The van der Waals surface area contributed by atoms with Gasteiger partial charge in [-0.2, -0.15) is 0 Å². The number of hydrogen-bond acceptors (Lipinski definition) is 4. The van der Waals surface area contributed by atoms with Gasteiger partial charge in [0.25, 0.3) is 0 Å². The Morgan fingerprint density at radius 2 is 2.33 bits per heavy atom. The first-order valence-electron chi connectivity index (χ1n) is 7.86. The molecule has 2 N–H and O–H groups in total. The number of fused-ring (bicyclic) bond motifs is 1. The van der Waals surface area contributed by atoms with Crippen molar-refractivity contribution in [3.05, 3.63) is 30.1 Å². The van der Waals surface area contributed by atoms with Crippen LogP contribution in [-0.4, -0.2) is 40.7 Å². The van der Waals surface area contributed by atoms with E-state index in [-0.39, 0.29) is 6.61 Å². The molecule has 0 radical (unpaired) electrons. The van der Waals surface area contributed by atoms with Crippen LogP contribution in [0.3, 0.4) is 0 Å². The van der Waals surface area contributed by atoms with Gasteiger partial charge >= 0.3 is 0 Å². The highest BCUT2D eigenvalue weighted by Gasteiger charge is 2.26. The van der Waals surface area contributed by atoms with Crippen LogP contribution in [0, 0.1) is 5.92 Å². The average molecular weight is 288 g/mol. The number of aromatic nitrogens is 2. The Morgan fingerprint density at radius 1 is 1.43 bits per heavy atom. The van der Waals surface area contributed by atoms with Gasteiger partial charge in [-0.05, 0) is 31.5 Å². The lowest BCUT2D eigenvalue weighted by Gasteiger charge is -2.17. The van der Waals surface area contributed by atoms with Crippen molar-refractivity contribution in [2.24, 2.45) is 5.92 Å². The Labute approximate surface area is 125 Å². The molecule has 0 saturated carbocycles. The largest absolute Gasteiger partial charge is 0.396 e. The van der Waals surface area contributed by atoms with E-state index < -0.39 is 0 Å². The molecule has 1 aliphatic rings. The number of imidazole rings is 1. The molecule has 114 valence electrons. The zero-order valence-corrected chi connectivity index (χ0v) is 12.6. The van der Waals surface area contributed by atoms with Gasteiger partial charge in [0.1, 0.15) is 5.65 Å². The van der Waals surface area contributed by atoms with Gasteiger partial charge < -0.3 is 19.7 Å². The number of hydrogen-bond donors (Lipinski definition) is 2. The van der Waals surface area contributed by atoms with Gasteiger partial charge in [-0.1, -0.05) is 13.0 Å². The lowest BCUT2D eigenvalue weighted by Crippen LogP contribution is -2.24. The average Bonchev–Trinajstić information content (AvgIpc) is 3.12. The molecule has 1 atom stereocenters. The van der Waals surface area contributed by atoms with Crippen molar-refractivity contribution in [3.63, 3.8) is 0 Å². The fraction of sp³-hybridized carbons (Fsp3) is 0.562. The molecule has 1 saturated heterocycles. The molecule has 0 spiro atoms. The summed E-state index contributed by atoms with van der Waals surface area (Å²) in [6.45, 7) is 6.17. The summed E-state index contributed by atoms with van der Waals surface area (Å²) in [5.74, 6) is 1.45. The zero-order chi connectivity index (χ0) is 14.7. The molecule has 5 heteroatoms. The molecule has 0 aromatic carbocycles. The second-order valence-electron chi connectivity index (χ2n) is 5.77. The Bertz CT molecular complexity index is 595. The minimum Gasteiger partial charge on any atom is -0.396 e. The fourth-order valence-electron chi connectivity index (χ4n) is 3.01. The van der Waals surface area contributed by atoms with E-state index in [2.05, 4.69) is 27.7 Å². The van der Waals surface area contributed by atoms with Crippen molar-refractivity contribution in [1.29, 1.82) is 0 Å². The lowest BCUT2D eigenvalue weighted by atomic mass is 10.1. The zero-order valence-electron chi connectivity index (χ0n) is 12.6. The van der Waals surface area contributed by atoms with Gasteiger partial charge in [0.2, 0.25) is 0 Å². The van der Waals surface area contributed by atoms with Gasteiger partial charge in [0.15, 0.2) is 5.82 Å². The van der Waals surface area contributed by atoms with E-state index >= 15 is 0 Å². The molecule has 3 heterocycles. The molecule has 1 fully saturated rings. The quantitative estimate of drug-likeness (QED) is 0.794. The van der Waals surface area contributed by atoms with Crippen molar-refractivity contribution >= 4 is 11.5 Å². The summed E-state index contributed by atoms with van der Waals surface area (Å²) in [6.07, 6.45) is 4.25. The van der Waals surface area contributed by atoms with E-state index in [1.807, 2.05) is 18.2 Å². The van der Waals surface area contributed by atoms with Gasteiger partial charge in [0, 0.05) is 38.4 Å². The molecule has 5 nitrogen and oxygen atoms in total. The van der Waals surface area contributed by atoms with Crippen LogP contribution < -0.4 is 10.2 Å². The molecule has 1 unspecified atom stereocenters. The van der Waals surface area contributed by atoms with Crippen LogP contribution in [0.1, 0.15) is 25.5 Å². The number of pyridine rings is 1. The van der Waals surface area contributed by atoms with Crippen molar-refractivity contribution < 1.29 is 5.11 Å². The minimum atomic E-state index is 0.271. The maximum absolute atomic E-state index is 9.35. The number of nitrogens with one attached hydrogen (secondary N) is 1. The van der Waals surface area contributed by atoms with Crippen molar-refractivity contribution in [2.45, 2.75) is 26.3 Å². The number of anilines is 1. The van der Waals surface area contributed by atoms with Crippen LogP contribution in [0.25, 0.3) is 5.65 Å². The summed E-state index contributed by atoms with van der Waals surface area (Å²) < 4.78 is 2.17.